The Kier molecular flexibility index (Phi) is 4.25. The Labute approximate surface area is 127 Å². The fraction of sp³-hybridized carbons (Fsp3) is 0.231. The van der Waals surface area contributed by atoms with Gasteiger partial charge in [-0.15, -0.1) is 0 Å². The molecule has 1 N–H and O–H groups in total. The van der Waals surface area contributed by atoms with Crippen LogP contribution in [0.4, 0.5) is 18.9 Å². The van der Waals surface area contributed by atoms with E-state index in [4.69, 9.17) is 11.6 Å². The van der Waals surface area contributed by atoms with Gasteiger partial charge in [-0.1, -0.05) is 29.0 Å². The fourth-order valence-corrected chi connectivity index (χ4v) is 2.67. The molecular weight excluding hydrogens is 325 g/mol. The van der Waals surface area contributed by atoms with E-state index in [-0.39, 0.29) is 4.47 Å². The Morgan fingerprint density at radius 1 is 1.29 bits per heavy atom. The highest BCUT2D eigenvalue weighted by molar-refractivity contribution is 7.17. The number of halogens is 4. The average molecular weight is 335 g/mol. The SMILES string of the molecule is Cc1ccc(NC(=O)c2sc(Cl)nc2C(F)(F)F)cc1C. The molecule has 1 aromatic heterocycles. The van der Waals surface area contributed by atoms with E-state index < -0.39 is 22.7 Å². The van der Waals surface area contributed by atoms with E-state index >= 15 is 0 Å². The van der Waals surface area contributed by atoms with E-state index in [1.54, 1.807) is 18.2 Å². The minimum Gasteiger partial charge on any atom is -0.321 e. The largest absolute Gasteiger partial charge is 0.435 e. The second-order valence-electron chi connectivity index (χ2n) is 4.40. The zero-order valence-electron chi connectivity index (χ0n) is 11.0. The van der Waals surface area contributed by atoms with Crippen molar-refractivity contribution in [2.24, 2.45) is 0 Å². The minimum absolute atomic E-state index is 0.326. The number of nitrogens with one attached hydrogen (secondary N) is 1. The van der Waals surface area contributed by atoms with Gasteiger partial charge in [-0.3, -0.25) is 4.79 Å². The second-order valence-corrected chi connectivity index (χ2v) is 5.98. The van der Waals surface area contributed by atoms with Crippen molar-refractivity contribution in [3.05, 3.63) is 44.4 Å². The first-order valence-corrected chi connectivity index (χ1v) is 7.00. The lowest BCUT2D eigenvalue weighted by Gasteiger charge is -2.08. The first kappa shape index (κ1) is 15.8. The third kappa shape index (κ3) is 3.54. The molecule has 0 saturated carbocycles. The predicted octanol–water partition coefficient (Wildman–Crippen LogP) is 4.68. The van der Waals surface area contributed by atoms with Gasteiger partial charge in [0.05, 0.1) is 0 Å². The Balaban J connectivity index is 2.30. The van der Waals surface area contributed by atoms with E-state index in [0.29, 0.717) is 17.0 Å². The molecule has 8 heteroatoms. The van der Waals surface area contributed by atoms with Gasteiger partial charge in [-0.25, -0.2) is 4.98 Å². The van der Waals surface area contributed by atoms with Gasteiger partial charge in [0.1, 0.15) is 4.88 Å². The van der Waals surface area contributed by atoms with Crippen LogP contribution >= 0.6 is 22.9 Å². The van der Waals surface area contributed by atoms with Crippen LogP contribution in [0.15, 0.2) is 18.2 Å². The number of nitrogens with zero attached hydrogens (tertiary/aromatic N) is 1. The highest BCUT2D eigenvalue weighted by Crippen LogP contribution is 2.36. The lowest BCUT2D eigenvalue weighted by atomic mass is 10.1. The number of rotatable bonds is 2. The molecule has 2 rings (SSSR count). The van der Waals surface area contributed by atoms with Crippen molar-refractivity contribution < 1.29 is 18.0 Å². The summed E-state index contributed by atoms with van der Waals surface area (Å²) in [7, 11) is 0. The van der Waals surface area contributed by atoms with Crippen LogP contribution in [0, 0.1) is 13.8 Å². The van der Waals surface area contributed by atoms with E-state index in [1.807, 2.05) is 13.8 Å². The molecule has 21 heavy (non-hydrogen) atoms. The molecule has 112 valence electrons. The summed E-state index contributed by atoms with van der Waals surface area (Å²) in [5.41, 5.74) is 1.09. The van der Waals surface area contributed by atoms with Crippen LogP contribution in [0.1, 0.15) is 26.5 Å². The third-order valence-corrected chi connectivity index (χ3v) is 4.00. The number of carbonyl (C=O) groups is 1. The number of benzene rings is 1. The summed E-state index contributed by atoms with van der Waals surface area (Å²) in [6.07, 6.45) is -4.72. The molecule has 0 atom stereocenters. The van der Waals surface area contributed by atoms with Gasteiger partial charge in [-0.2, -0.15) is 13.2 Å². The Morgan fingerprint density at radius 3 is 2.52 bits per heavy atom. The molecule has 2 aromatic rings. The molecule has 3 nitrogen and oxygen atoms in total. The van der Waals surface area contributed by atoms with E-state index in [9.17, 15) is 18.0 Å². The van der Waals surface area contributed by atoms with Crippen LogP contribution in [0.25, 0.3) is 0 Å². The van der Waals surface area contributed by atoms with Gasteiger partial charge >= 0.3 is 6.18 Å². The highest BCUT2D eigenvalue weighted by atomic mass is 35.5. The minimum atomic E-state index is -4.72. The molecule has 0 aliphatic rings. The second kappa shape index (κ2) is 5.65. The summed E-state index contributed by atoms with van der Waals surface area (Å²) in [6, 6.07) is 5.08. The van der Waals surface area contributed by atoms with Crippen LogP contribution in [0.3, 0.4) is 0 Å². The van der Waals surface area contributed by atoms with E-state index in [2.05, 4.69) is 10.3 Å². The normalized spacial score (nSPS) is 11.5. The van der Waals surface area contributed by atoms with Gasteiger partial charge in [0.15, 0.2) is 10.2 Å². The van der Waals surface area contributed by atoms with Crippen LogP contribution in [0.5, 0.6) is 0 Å². The quantitative estimate of drug-likeness (QED) is 0.866. The molecule has 0 aliphatic heterocycles. The van der Waals surface area contributed by atoms with Crippen molar-refractivity contribution in [1.82, 2.24) is 4.98 Å². The van der Waals surface area contributed by atoms with E-state index in [0.717, 1.165) is 11.1 Å². The molecule has 0 fully saturated rings. The Bertz CT molecular complexity index is 697. The number of amides is 1. The Morgan fingerprint density at radius 2 is 1.95 bits per heavy atom. The maximum Gasteiger partial charge on any atom is 0.435 e. The summed E-state index contributed by atoms with van der Waals surface area (Å²) >= 11 is 5.99. The standard InChI is InChI=1S/C13H10ClF3N2OS/c1-6-3-4-8(5-7(6)2)18-11(20)9-10(13(15,16)17)19-12(14)21-9/h3-5H,1-2H3,(H,18,20). The van der Waals surface area contributed by atoms with Gasteiger partial charge < -0.3 is 5.32 Å². The summed E-state index contributed by atoms with van der Waals surface area (Å²) in [5, 5.41) is 2.42. The van der Waals surface area contributed by atoms with Crippen molar-refractivity contribution in [1.29, 1.82) is 0 Å². The van der Waals surface area contributed by atoms with Gasteiger partial charge in [-0.05, 0) is 37.1 Å². The molecule has 1 amide bonds. The average Bonchev–Trinajstić information content (AvgIpc) is 2.76. The fourth-order valence-electron chi connectivity index (χ4n) is 1.65. The molecular formula is C13H10ClF3N2OS. The van der Waals surface area contributed by atoms with Crippen molar-refractivity contribution in [2.45, 2.75) is 20.0 Å². The Hall–Kier alpha value is -1.60. The van der Waals surface area contributed by atoms with Gasteiger partial charge in [0.25, 0.3) is 5.91 Å². The first-order chi connectivity index (χ1) is 9.68. The number of thiazole rings is 1. The lowest BCUT2D eigenvalue weighted by molar-refractivity contribution is -0.141. The maximum absolute atomic E-state index is 12.8. The summed E-state index contributed by atoms with van der Waals surface area (Å²) < 4.78 is 38.0. The van der Waals surface area contributed by atoms with Gasteiger partial charge in [0, 0.05) is 5.69 Å². The number of hydrogen-bond donors (Lipinski definition) is 1. The number of alkyl halides is 3. The summed E-state index contributed by atoms with van der Waals surface area (Å²) in [6.45, 7) is 3.74. The molecule has 1 aromatic carbocycles. The number of aromatic nitrogens is 1. The lowest BCUT2D eigenvalue weighted by Crippen LogP contribution is -2.17. The molecule has 0 bridgehead atoms. The zero-order chi connectivity index (χ0) is 15.8. The van der Waals surface area contributed by atoms with Crippen LogP contribution < -0.4 is 5.32 Å². The third-order valence-electron chi connectivity index (χ3n) is 2.84. The van der Waals surface area contributed by atoms with Crippen LogP contribution in [-0.4, -0.2) is 10.9 Å². The van der Waals surface area contributed by atoms with Crippen LogP contribution in [-0.2, 0) is 6.18 Å². The first-order valence-electron chi connectivity index (χ1n) is 5.80. The van der Waals surface area contributed by atoms with Crippen molar-refractivity contribution in [3.8, 4) is 0 Å². The smallest absolute Gasteiger partial charge is 0.321 e. The maximum atomic E-state index is 12.8. The molecule has 0 unspecified atom stereocenters. The summed E-state index contributed by atoms with van der Waals surface area (Å²) in [5.74, 6) is -0.880. The molecule has 0 saturated heterocycles. The van der Waals surface area contributed by atoms with Crippen molar-refractivity contribution in [3.63, 3.8) is 0 Å². The number of aryl methyl sites for hydroxylation is 2. The molecule has 0 radical (unpaired) electrons. The van der Waals surface area contributed by atoms with Crippen molar-refractivity contribution >= 4 is 34.5 Å². The topological polar surface area (TPSA) is 42.0 Å². The zero-order valence-corrected chi connectivity index (χ0v) is 12.6. The predicted molar refractivity (Wildman–Crippen MR) is 76.0 cm³/mol. The number of carbonyl (C=O) groups excluding carboxylic acids is 1. The number of hydrogen-bond acceptors (Lipinski definition) is 3. The van der Waals surface area contributed by atoms with Crippen LogP contribution in [0.2, 0.25) is 4.47 Å². The summed E-state index contributed by atoms with van der Waals surface area (Å²) in [4.78, 5) is 14.6. The number of anilines is 1. The van der Waals surface area contributed by atoms with Crippen molar-refractivity contribution in [2.75, 3.05) is 5.32 Å². The molecule has 0 aliphatic carbocycles. The molecule has 0 spiro atoms. The van der Waals surface area contributed by atoms with E-state index in [1.165, 1.54) is 0 Å². The highest BCUT2D eigenvalue weighted by Gasteiger charge is 2.39. The van der Waals surface area contributed by atoms with Gasteiger partial charge in [0.2, 0.25) is 0 Å². The monoisotopic (exact) mass is 334 g/mol. The molecule has 1 heterocycles.